The van der Waals surface area contributed by atoms with Crippen LogP contribution in [0.1, 0.15) is 6.92 Å². The van der Waals surface area contributed by atoms with Gasteiger partial charge < -0.3 is 10.5 Å². The van der Waals surface area contributed by atoms with Gasteiger partial charge in [0.15, 0.2) is 0 Å². The number of benzene rings is 1. The number of rotatable bonds is 3. The molecule has 1 heterocycles. The monoisotopic (exact) mass is 214 g/mol. The smallest absolute Gasteiger partial charge is 0.123 e. The highest BCUT2D eigenvalue weighted by Gasteiger charge is 1.99. The average Bonchev–Trinajstić information content (AvgIpc) is 2.31. The second kappa shape index (κ2) is 4.66. The molecular formula is C13H14N2O. The first kappa shape index (κ1) is 10.5. The minimum Gasteiger partial charge on any atom is -0.494 e. The lowest BCUT2D eigenvalue weighted by molar-refractivity contribution is 0.340. The molecule has 0 bridgehead atoms. The molecule has 0 aliphatic rings. The van der Waals surface area contributed by atoms with Crippen LogP contribution in [-0.4, -0.2) is 11.6 Å². The molecule has 0 atom stereocenters. The van der Waals surface area contributed by atoms with Crippen molar-refractivity contribution in [3.8, 4) is 16.9 Å². The number of nitrogens with zero attached hydrogens (tertiary/aromatic N) is 1. The van der Waals surface area contributed by atoms with E-state index in [1.165, 1.54) is 0 Å². The van der Waals surface area contributed by atoms with Gasteiger partial charge in [0.2, 0.25) is 0 Å². The normalized spacial score (nSPS) is 10.1. The third-order valence-electron chi connectivity index (χ3n) is 2.26. The molecule has 2 N–H and O–H groups in total. The molecule has 0 amide bonds. The molecule has 3 nitrogen and oxygen atoms in total. The molecule has 0 saturated heterocycles. The summed E-state index contributed by atoms with van der Waals surface area (Å²) in [4.78, 5) is 4.07. The van der Waals surface area contributed by atoms with Crippen molar-refractivity contribution in [1.29, 1.82) is 0 Å². The first-order valence-electron chi connectivity index (χ1n) is 5.24. The molecule has 0 fully saturated rings. The predicted molar refractivity (Wildman–Crippen MR) is 65.3 cm³/mol. The van der Waals surface area contributed by atoms with E-state index < -0.39 is 0 Å². The number of aromatic nitrogens is 1. The van der Waals surface area contributed by atoms with Crippen molar-refractivity contribution in [3.63, 3.8) is 0 Å². The van der Waals surface area contributed by atoms with Crippen molar-refractivity contribution in [2.24, 2.45) is 0 Å². The Kier molecular flexibility index (Phi) is 3.05. The van der Waals surface area contributed by atoms with Gasteiger partial charge in [0.05, 0.1) is 6.61 Å². The largest absolute Gasteiger partial charge is 0.494 e. The summed E-state index contributed by atoms with van der Waals surface area (Å²) in [6, 6.07) is 11.7. The van der Waals surface area contributed by atoms with Gasteiger partial charge in [-0.25, -0.2) is 4.98 Å². The fourth-order valence-electron chi connectivity index (χ4n) is 1.51. The van der Waals surface area contributed by atoms with E-state index in [1.54, 1.807) is 12.3 Å². The van der Waals surface area contributed by atoms with Crippen LogP contribution in [0, 0.1) is 0 Å². The zero-order valence-electron chi connectivity index (χ0n) is 9.18. The maximum Gasteiger partial charge on any atom is 0.123 e. The summed E-state index contributed by atoms with van der Waals surface area (Å²) >= 11 is 0. The Morgan fingerprint density at radius 3 is 2.75 bits per heavy atom. The van der Waals surface area contributed by atoms with Gasteiger partial charge in [0.1, 0.15) is 11.6 Å². The van der Waals surface area contributed by atoms with Crippen LogP contribution in [0.2, 0.25) is 0 Å². The van der Waals surface area contributed by atoms with Crippen molar-refractivity contribution in [2.75, 3.05) is 12.3 Å². The molecule has 2 aromatic rings. The minimum atomic E-state index is 0.532. The van der Waals surface area contributed by atoms with Crippen LogP contribution in [0.3, 0.4) is 0 Å². The highest BCUT2D eigenvalue weighted by Crippen LogP contribution is 2.23. The Morgan fingerprint density at radius 2 is 2.06 bits per heavy atom. The molecule has 0 saturated carbocycles. The third-order valence-corrected chi connectivity index (χ3v) is 2.26. The van der Waals surface area contributed by atoms with Gasteiger partial charge in [0, 0.05) is 11.8 Å². The van der Waals surface area contributed by atoms with E-state index in [0.717, 1.165) is 16.9 Å². The number of hydrogen-bond acceptors (Lipinski definition) is 3. The second-order valence-electron chi connectivity index (χ2n) is 3.43. The topological polar surface area (TPSA) is 48.1 Å². The molecule has 0 aliphatic carbocycles. The zero-order chi connectivity index (χ0) is 11.4. The number of nitrogen functional groups attached to an aromatic ring is 1. The van der Waals surface area contributed by atoms with Gasteiger partial charge in [-0.1, -0.05) is 12.1 Å². The Morgan fingerprint density at radius 1 is 1.19 bits per heavy atom. The summed E-state index contributed by atoms with van der Waals surface area (Å²) < 4.78 is 5.45. The lowest BCUT2D eigenvalue weighted by Crippen LogP contribution is -1.92. The summed E-state index contributed by atoms with van der Waals surface area (Å²) in [6.45, 7) is 2.64. The Bertz CT molecular complexity index is 466. The lowest BCUT2D eigenvalue weighted by Gasteiger charge is -2.06. The molecule has 0 aliphatic heterocycles. The average molecular weight is 214 g/mol. The first-order chi connectivity index (χ1) is 7.79. The van der Waals surface area contributed by atoms with Crippen LogP contribution >= 0.6 is 0 Å². The maximum atomic E-state index is 5.55. The molecule has 2 rings (SSSR count). The molecule has 3 heteroatoms. The summed E-state index contributed by atoms with van der Waals surface area (Å²) in [5, 5.41) is 0. The predicted octanol–water partition coefficient (Wildman–Crippen LogP) is 2.73. The van der Waals surface area contributed by atoms with Gasteiger partial charge in [-0.3, -0.25) is 0 Å². The third kappa shape index (κ3) is 2.31. The van der Waals surface area contributed by atoms with Crippen molar-refractivity contribution in [1.82, 2.24) is 4.98 Å². The van der Waals surface area contributed by atoms with E-state index >= 15 is 0 Å². The fraction of sp³-hybridized carbons (Fsp3) is 0.154. The van der Waals surface area contributed by atoms with Crippen molar-refractivity contribution < 1.29 is 4.74 Å². The molecule has 0 spiro atoms. The van der Waals surface area contributed by atoms with E-state index in [-0.39, 0.29) is 0 Å². The molecule has 82 valence electrons. The van der Waals surface area contributed by atoms with Crippen molar-refractivity contribution in [3.05, 3.63) is 42.6 Å². The Labute approximate surface area is 94.9 Å². The van der Waals surface area contributed by atoms with Crippen LogP contribution in [0.5, 0.6) is 5.75 Å². The van der Waals surface area contributed by atoms with Crippen LogP contribution in [0.25, 0.3) is 11.1 Å². The summed E-state index contributed by atoms with van der Waals surface area (Å²) in [6.07, 6.45) is 1.76. The lowest BCUT2D eigenvalue weighted by atomic mass is 10.1. The van der Waals surface area contributed by atoms with E-state index in [0.29, 0.717) is 12.4 Å². The van der Waals surface area contributed by atoms with Crippen LogP contribution < -0.4 is 10.5 Å². The van der Waals surface area contributed by atoms with Gasteiger partial charge in [-0.05, 0) is 36.8 Å². The highest BCUT2D eigenvalue weighted by molar-refractivity contribution is 5.65. The molecule has 0 unspecified atom stereocenters. The SMILES string of the molecule is CCOc1cccc(-c2ccc(N)nc2)c1. The number of hydrogen-bond donors (Lipinski definition) is 1. The quantitative estimate of drug-likeness (QED) is 0.854. The molecule has 0 radical (unpaired) electrons. The molecule has 16 heavy (non-hydrogen) atoms. The van der Waals surface area contributed by atoms with Gasteiger partial charge in [-0.2, -0.15) is 0 Å². The van der Waals surface area contributed by atoms with E-state index in [2.05, 4.69) is 4.98 Å². The summed E-state index contributed by atoms with van der Waals surface area (Å²) in [5.41, 5.74) is 7.67. The maximum absolute atomic E-state index is 5.55. The van der Waals surface area contributed by atoms with Gasteiger partial charge in [-0.15, -0.1) is 0 Å². The van der Waals surface area contributed by atoms with Crippen LogP contribution in [0.4, 0.5) is 5.82 Å². The Balaban J connectivity index is 2.32. The number of ether oxygens (including phenoxy) is 1. The van der Waals surface area contributed by atoms with Gasteiger partial charge >= 0.3 is 0 Å². The van der Waals surface area contributed by atoms with Crippen LogP contribution in [0.15, 0.2) is 42.6 Å². The molecule has 1 aromatic heterocycles. The van der Waals surface area contributed by atoms with E-state index in [4.69, 9.17) is 10.5 Å². The second-order valence-corrected chi connectivity index (χ2v) is 3.43. The van der Waals surface area contributed by atoms with Crippen molar-refractivity contribution >= 4 is 5.82 Å². The Hall–Kier alpha value is -2.03. The first-order valence-corrected chi connectivity index (χ1v) is 5.24. The van der Waals surface area contributed by atoms with Crippen LogP contribution in [-0.2, 0) is 0 Å². The molecular weight excluding hydrogens is 200 g/mol. The molecule has 1 aromatic carbocycles. The van der Waals surface area contributed by atoms with E-state index in [1.807, 2.05) is 37.3 Å². The zero-order valence-corrected chi connectivity index (χ0v) is 9.18. The van der Waals surface area contributed by atoms with Gasteiger partial charge in [0.25, 0.3) is 0 Å². The highest BCUT2D eigenvalue weighted by atomic mass is 16.5. The minimum absolute atomic E-state index is 0.532. The summed E-state index contributed by atoms with van der Waals surface area (Å²) in [7, 11) is 0. The number of anilines is 1. The standard InChI is InChI=1S/C13H14N2O/c1-2-16-12-5-3-4-10(8-12)11-6-7-13(14)15-9-11/h3-9H,2H2,1H3,(H2,14,15). The summed E-state index contributed by atoms with van der Waals surface area (Å²) in [5.74, 6) is 1.40. The van der Waals surface area contributed by atoms with E-state index in [9.17, 15) is 0 Å². The number of pyridine rings is 1. The van der Waals surface area contributed by atoms with Crippen molar-refractivity contribution in [2.45, 2.75) is 6.92 Å². The fourth-order valence-corrected chi connectivity index (χ4v) is 1.51. The number of nitrogens with two attached hydrogens (primary N) is 1.